The van der Waals surface area contributed by atoms with Crippen molar-refractivity contribution in [3.63, 3.8) is 0 Å². The van der Waals surface area contributed by atoms with Crippen LogP contribution >= 0.6 is 11.6 Å². The summed E-state index contributed by atoms with van der Waals surface area (Å²) in [6, 6.07) is 13.4. The summed E-state index contributed by atoms with van der Waals surface area (Å²) in [5.74, 6) is 0.299. The van der Waals surface area contributed by atoms with Crippen LogP contribution in [-0.2, 0) is 16.1 Å². The Morgan fingerprint density at radius 1 is 1.14 bits per heavy atom. The van der Waals surface area contributed by atoms with Crippen molar-refractivity contribution in [3.05, 3.63) is 81.8 Å². The summed E-state index contributed by atoms with van der Waals surface area (Å²) in [4.78, 5) is 24.6. The number of aryl methyl sites for hydroxylation is 2. The van der Waals surface area contributed by atoms with Crippen LogP contribution in [0.5, 0.6) is 17.2 Å². The predicted molar refractivity (Wildman–Crippen MR) is 129 cm³/mol. The van der Waals surface area contributed by atoms with E-state index in [0.717, 1.165) is 11.1 Å². The van der Waals surface area contributed by atoms with Crippen LogP contribution in [0.15, 0.2) is 58.7 Å². The fourth-order valence-electron chi connectivity index (χ4n) is 3.13. The van der Waals surface area contributed by atoms with Crippen LogP contribution in [0.3, 0.4) is 0 Å². The highest BCUT2D eigenvalue weighted by Crippen LogP contribution is 2.30. The van der Waals surface area contributed by atoms with Gasteiger partial charge in [0.1, 0.15) is 23.2 Å². The van der Waals surface area contributed by atoms with E-state index < -0.39 is 11.9 Å². The van der Waals surface area contributed by atoms with Gasteiger partial charge in [0.25, 0.3) is 5.91 Å². The van der Waals surface area contributed by atoms with Gasteiger partial charge in [0.2, 0.25) is 0 Å². The number of hydrogen-bond acceptors (Lipinski definition) is 7. The lowest BCUT2D eigenvalue weighted by Crippen LogP contribution is -2.23. The Labute approximate surface area is 207 Å². The molecule has 0 spiro atoms. The maximum Gasteiger partial charge on any atom is 0.349 e. The summed E-state index contributed by atoms with van der Waals surface area (Å²) < 4.78 is 21.4. The van der Waals surface area contributed by atoms with E-state index in [9.17, 15) is 14.9 Å². The number of amides is 1. The first-order chi connectivity index (χ1) is 16.8. The highest BCUT2D eigenvalue weighted by atomic mass is 35.5. The van der Waals surface area contributed by atoms with Gasteiger partial charge in [-0.25, -0.2) is 4.79 Å². The molecule has 8 nitrogen and oxygen atoms in total. The summed E-state index contributed by atoms with van der Waals surface area (Å²) in [6.07, 6.45) is 2.90. The quantitative estimate of drug-likeness (QED) is 0.197. The molecular weight excluding hydrogens is 472 g/mol. The topological polar surface area (TPSA) is 111 Å². The molecule has 0 fully saturated rings. The summed E-state index contributed by atoms with van der Waals surface area (Å²) in [5, 5.41) is 12.7. The standard InChI is InChI=1S/C26H23ClN2O6/c1-16-9-21(10-17(2)25(16)27)34-15-24(30)35-22-7-6-18(12-23(22)32-3)11-19(13-28)26(31)29-14-20-5-4-8-33-20/h4-12H,14-15H2,1-3H3,(H,29,31)/b19-11+. The largest absolute Gasteiger partial charge is 0.493 e. The van der Waals surface area contributed by atoms with Crippen molar-refractivity contribution in [2.75, 3.05) is 13.7 Å². The zero-order valence-electron chi connectivity index (χ0n) is 19.4. The Kier molecular flexibility index (Phi) is 8.54. The number of ether oxygens (including phenoxy) is 3. The number of nitriles is 1. The Morgan fingerprint density at radius 3 is 2.51 bits per heavy atom. The van der Waals surface area contributed by atoms with E-state index >= 15 is 0 Å². The molecule has 0 atom stereocenters. The SMILES string of the molecule is COc1cc(/C=C(\C#N)C(=O)NCc2ccco2)ccc1OC(=O)COc1cc(C)c(Cl)c(C)c1. The van der Waals surface area contributed by atoms with Gasteiger partial charge in [0, 0.05) is 5.02 Å². The van der Waals surface area contributed by atoms with Gasteiger partial charge in [-0.3, -0.25) is 4.79 Å². The zero-order valence-corrected chi connectivity index (χ0v) is 20.1. The number of methoxy groups -OCH3 is 1. The van der Waals surface area contributed by atoms with Crippen LogP contribution < -0.4 is 19.5 Å². The molecule has 1 N–H and O–H groups in total. The second-order valence-corrected chi connectivity index (χ2v) is 7.85. The molecule has 1 aromatic heterocycles. The third-order valence-corrected chi connectivity index (χ3v) is 5.45. The molecule has 3 rings (SSSR count). The van der Waals surface area contributed by atoms with E-state index in [0.29, 0.717) is 22.1 Å². The third-order valence-electron chi connectivity index (χ3n) is 4.86. The lowest BCUT2D eigenvalue weighted by Gasteiger charge is -2.12. The van der Waals surface area contributed by atoms with Gasteiger partial charge in [-0.1, -0.05) is 17.7 Å². The van der Waals surface area contributed by atoms with Gasteiger partial charge in [-0.2, -0.15) is 5.26 Å². The summed E-state index contributed by atoms with van der Waals surface area (Å²) in [5.41, 5.74) is 2.08. The third kappa shape index (κ3) is 6.88. The average Bonchev–Trinajstić information content (AvgIpc) is 3.37. The first kappa shape index (κ1) is 25.4. The van der Waals surface area contributed by atoms with Crippen molar-refractivity contribution in [1.29, 1.82) is 5.26 Å². The molecule has 1 heterocycles. The summed E-state index contributed by atoms with van der Waals surface area (Å²) in [7, 11) is 1.41. The molecule has 0 aliphatic heterocycles. The first-order valence-electron chi connectivity index (χ1n) is 10.5. The molecule has 1 amide bonds. The second-order valence-electron chi connectivity index (χ2n) is 7.48. The molecule has 35 heavy (non-hydrogen) atoms. The normalized spacial score (nSPS) is 10.9. The Bertz CT molecular complexity index is 1270. The fourth-order valence-corrected chi connectivity index (χ4v) is 3.24. The Morgan fingerprint density at radius 2 is 1.89 bits per heavy atom. The van der Waals surface area contributed by atoms with Gasteiger partial charge >= 0.3 is 5.97 Å². The molecule has 9 heteroatoms. The molecule has 0 unspecified atom stereocenters. The number of rotatable bonds is 9. The Balaban J connectivity index is 1.65. The van der Waals surface area contributed by atoms with Gasteiger partial charge in [0.15, 0.2) is 18.1 Å². The number of halogens is 1. The van der Waals surface area contributed by atoms with Crippen molar-refractivity contribution < 1.29 is 28.2 Å². The minimum atomic E-state index is -0.633. The molecule has 0 saturated carbocycles. The lowest BCUT2D eigenvalue weighted by atomic mass is 10.1. The lowest BCUT2D eigenvalue weighted by molar-refractivity contribution is -0.136. The molecule has 0 saturated heterocycles. The van der Waals surface area contributed by atoms with Crippen LogP contribution in [0.1, 0.15) is 22.5 Å². The van der Waals surface area contributed by atoms with E-state index in [2.05, 4.69) is 5.32 Å². The monoisotopic (exact) mass is 494 g/mol. The van der Waals surface area contributed by atoms with E-state index in [1.54, 1.807) is 36.4 Å². The predicted octanol–water partition coefficient (Wildman–Crippen LogP) is 4.77. The second kappa shape index (κ2) is 11.8. The van der Waals surface area contributed by atoms with Crippen LogP contribution in [0, 0.1) is 25.2 Å². The summed E-state index contributed by atoms with van der Waals surface area (Å²) in [6.45, 7) is 3.53. The Hall–Kier alpha value is -4.22. The number of esters is 1. The van der Waals surface area contributed by atoms with Crippen molar-refractivity contribution in [3.8, 4) is 23.3 Å². The number of carbonyl (C=O) groups excluding carboxylic acids is 2. The maximum absolute atomic E-state index is 12.3. The summed E-state index contributed by atoms with van der Waals surface area (Å²) >= 11 is 6.15. The van der Waals surface area contributed by atoms with E-state index in [4.69, 9.17) is 30.2 Å². The molecule has 0 radical (unpaired) electrons. The first-order valence-corrected chi connectivity index (χ1v) is 10.9. The smallest absolute Gasteiger partial charge is 0.349 e. The fraction of sp³-hybridized carbons (Fsp3) is 0.192. The number of nitrogens with one attached hydrogen (secondary N) is 1. The highest BCUT2D eigenvalue weighted by Gasteiger charge is 2.14. The van der Waals surface area contributed by atoms with Crippen LogP contribution in [0.25, 0.3) is 6.08 Å². The van der Waals surface area contributed by atoms with Crippen molar-refractivity contribution in [2.24, 2.45) is 0 Å². The van der Waals surface area contributed by atoms with Crippen molar-refractivity contribution >= 4 is 29.6 Å². The number of furan rings is 1. The van der Waals surface area contributed by atoms with Gasteiger partial charge in [-0.15, -0.1) is 0 Å². The average molecular weight is 495 g/mol. The highest BCUT2D eigenvalue weighted by molar-refractivity contribution is 6.32. The minimum Gasteiger partial charge on any atom is -0.493 e. The number of hydrogen-bond donors (Lipinski definition) is 1. The molecular formula is C26H23ClN2O6. The maximum atomic E-state index is 12.3. The molecule has 0 aliphatic rings. The molecule has 0 aliphatic carbocycles. The minimum absolute atomic E-state index is 0.106. The molecule has 3 aromatic rings. The van der Waals surface area contributed by atoms with E-state index in [1.165, 1.54) is 25.5 Å². The van der Waals surface area contributed by atoms with Gasteiger partial charge in [0.05, 0.1) is 19.9 Å². The number of carbonyl (C=O) groups is 2. The van der Waals surface area contributed by atoms with Crippen LogP contribution in [-0.4, -0.2) is 25.6 Å². The van der Waals surface area contributed by atoms with E-state index in [-0.39, 0.29) is 30.2 Å². The molecule has 2 aromatic carbocycles. The molecule has 180 valence electrons. The molecule has 0 bridgehead atoms. The number of benzene rings is 2. The van der Waals surface area contributed by atoms with Crippen LogP contribution in [0.2, 0.25) is 5.02 Å². The van der Waals surface area contributed by atoms with Crippen molar-refractivity contribution in [1.82, 2.24) is 5.32 Å². The van der Waals surface area contributed by atoms with E-state index in [1.807, 2.05) is 19.9 Å². The van der Waals surface area contributed by atoms with Gasteiger partial charge in [-0.05, 0) is 73.0 Å². The zero-order chi connectivity index (χ0) is 25.4. The number of nitrogens with zero attached hydrogens (tertiary/aromatic N) is 1. The van der Waals surface area contributed by atoms with Crippen LogP contribution in [0.4, 0.5) is 0 Å². The van der Waals surface area contributed by atoms with Crippen molar-refractivity contribution in [2.45, 2.75) is 20.4 Å². The van der Waals surface area contributed by atoms with Gasteiger partial charge < -0.3 is 23.9 Å².